The predicted octanol–water partition coefficient (Wildman–Crippen LogP) is 0.466. The Morgan fingerprint density at radius 1 is 1.50 bits per heavy atom. The lowest BCUT2D eigenvalue weighted by Gasteiger charge is -2.25. The molecule has 0 radical (unpaired) electrons. The molecular formula is C11H17N3O6. The van der Waals surface area contributed by atoms with E-state index in [0.29, 0.717) is 0 Å². The second kappa shape index (κ2) is 5.55. The van der Waals surface area contributed by atoms with Gasteiger partial charge in [0.05, 0.1) is 12.6 Å². The molecule has 0 aromatic carbocycles. The van der Waals surface area contributed by atoms with Gasteiger partial charge in [0.15, 0.2) is 11.9 Å². The van der Waals surface area contributed by atoms with Crippen LogP contribution in [0.4, 0.5) is 0 Å². The third kappa shape index (κ3) is 2.87. The molecule has 2 heterocycles. The molecule has 0 aromatic rings. The molecule has 2 saturated heterocycles. The van der Waals surface area contributed by atoms with Crippen molar-refractivity contribution in [2.24, 2.45) is 5.11 Å². The number of fused-ring (bicyclic) bond motifs is 1. The summed E-state index contributed by atoms with van der Waals surface area (Å²) < 4.78 is 21.9. The van der Waals surface area contributed by atoms with Crippen molar-refractivity contribution in [2.45, 2.75) is 57.2 Å². The molecule has 20 heavy (non-hydrogen) atoms. The fourth-order valence-electron chi connectivity index (χ4n) is 2.43. The highest BCUT2D eigenvalue weighted by Gasteiger charge is 2.58. The molecule has 2 fully saturated rings. The average Bonchev–Trinajstić information content (AvgIpc) is 2.81. The highest BCUT2D eigenvalue weighted by molar-refractivity contribution is 5.66. The van der Waals surface area contributed by atoms with Crippen molar-refractivity contribution < 1.29 is 28.8 Å². The van der Waals surface area contributed by atoms with Gasteiger partial charge in [-0.05, 0) is 19.4 Å². The monoisotopic (exact) mass is 287 g/mol. The van der Waals surface area contributed by atoms with E-state index >= 15 is 0 Å². The van der Waals surface area contributed by atoms with E-state index in [1.165, 1.54) is 6.92 Å². The topological polar surface area (TPSA) is 123 Å². The Morgan fingerprint density at radius 2 is 2.15 bits per heavy atom. The number of rotatable bonds is 4. The third-order valence-electron chi connectivity index (χ3n) is 3.10. The van der Waals surface area contributed by atoms with E-state index in [-0.39, 0.29) is 0 Å². The van der Waals surface area contributed by atoms with Crippen LogP contribution in [0.1, 0.15) is 20.8 Å². The largest absolute Gasteiger partial charge is 0.433 e. The van der Waals surface area contributed by atoms with Gasteiger partial charge < -0.3 is 24.1 Å². The summed E-state index contributed by atoms with van der Waals surface area (Å²) in [5.41, 5.74) is 8.52. The van der Waals surface area contributed by atoms with Gasteiger partial charge in [0.1, 0.15) is 12.2 Å². The average molecular weight is 287 g/mol. The van der Waals surface area contributed by atoms with Crippen LogP contribution in [0.3, 0.4) is 0 Å². The molecule has 5 atom stereocenters. The summed E-state index contributed by atoms with van der Waals surface area (Å²) in [6.45, 7) is 4.28. The van der Waals surface area contributed by atoms with Crippen molar-refractivity contribution in [2.75, 3.05) is 6.61 Å². The summed E-state index contributed by atoms with van der Waals surface area (Å²) in [5.74, 6) is -1.39. The maximum absolute atomic E-state index is 11.1. The fourth-order valence-corrected chi connectivity index (χ4v) is 2.43. The Balaban J connectivity index is 2.21. The third-order valence-corrected chi connectivity index (χ3v) is 3.10. The number of aliphatic hydroxyl groups is 1. The lowest BCUT2D eigenvalue weighted by molar-refractivity contribution is -0.233. The Kier molecular flexibility index (Phi) is 4.17. The van der Waals surface area contributed by atoms with Crippen molar-refractivity contribution in [1.29, 1.82) is 0 Å². The number of hydrogen-bond donors (Lipinski definition) is 1. The van der Waals surface area contributed by atoms with Gasteiger partial charge in [-0.15, -0.1) is 0 Å². The first-order valence-corrected chi connectivity index (χ1v) is 6.21. The first-order chi connectivity index (χ1) is 9.38. The Labute approximate surface area is 115 Å². The summed E-state index contributed by atoms with van der Waals surface area (Å²) in [7, 11) is 0. The molecule has 0 bridgehead atoms. The fraction of sp³-hybridized carbons (Fsp3) is 0.909. The molecule has 0 aliphatic carbocycles. The van der Waals surface area contributed by atoms with Gasteiger partial charge in [-0.2, -0.15) is 0 Å². The minimum Gasteiger partial charge on any atom is -0.433 e. The summed E-state index contributed by atoms with van der Waals surface area (Å²) >= 11 is 0. The van der Waals surface area contributed by atoms with E-state index in [1.807, 2.05) is 0 Å². The van der Waals surface area contributed by atoms with Gasteiger partial charge in [0, 0.05) is 11.8 Å². The molecular weight excluding hydrogens is 270 g/mol. The minimum atomic E-state index is -0.952. The maximum Gasteiger partial charge on any atom is 0.305 e. The molecule has 0 amide bonds. The van der Waals surface area contributed by atoms with Crippen molar-refractivity contribution in [3.8, 4) is 0 Å². The molecule has 112 valence electrons. The van der Waals surface area contributed by atoms with Crippen molar-refractivity contribution in [1.82, 2.24) is 0 Å². The molecule has 1 N–H and O–H groups in total. The maximum atomic E-state index is 11.1. The SMILES string of the molecule is CC(=O)O[C@H]1O[C@H]([C@H](CO)N=[N+]=[N-])[C@@H]2OC(C)(C)O[C@H]12. The number of carbonyl (C=O) groups excluding carboxylic acids is 1. The second-order valence-electron chi connectivity index (χ2n) is 5.10. The number of ether oxygens (including phenoxy) is 4. The van der Waals surface area contributed by atoms with Gasteiger partial charge in [-0.3, -0.25) is 4.79 Å². The number of nitrogens with zero attached hydrogens (tertiary/aromatic N) is 3. The van der Waals surface area contributed by atoms with E-state index in [2.05, 4.69) is 10.0 Å². The van der Waals surface area contributed by atoms with Crippen LogP contribution in [-0.4, -0.2) is 54.1 Å². The first-order valence-electron chi connectivity index (χ1n) is 6.21. The van der Waals surface area contributed by atoms with Crippen molar-refractivity contribution in [3.63, 3.8) is 0 Å². The van der Waals surface area contributed by atoms with Gasteiger partial charge in [0.25, 0.3) is 0 Å². The van der Waals surface area contributed by atoms with E-state index in [0.717, 1.165) is 0 Å². The summed E-state index contributed by atoms with van der Waals surface area (Å²) in [6.07, 6.45) is -2.90. The standard InChI is InChI=1S/C11H17N3O6/c1-5(16)17-10-9-8(19-11(2,3)20-9)7(18-10)6(4-15)13-14-12/h6-10,15H,4H2,1-3H3/t6-,7+,8-,9-,10-/m0/s1. The molecule has 0 spiro atoms. The number of carbonyl (C=O) groups is 1. The lowest BCUT2D eigenvalue weighted by Crippen LogP contribution is -2.39. The lowest BCUT2D eigenvalue weighted by atomic mass is 10.1. The highest BCUT2D eigenvalue weighted by Crippen LogP contribution is 2.40. The van der Waals surface area contributed by atoms with Crippen LogP contribution in [0.5, 0.6) is 0 Å². The Hall–Kier alpha value is -1.38. The number of esters is 1. The minimum absolute atomic E-state index is 0.408. The molecule has 9 heteroatoms. The van der Waals surface area contributed by atoms with E-state index in [9.17, 15) is 9.90 Å². The van der Waals surface area contributed by atoms with Crippen molar-refractivity contribution >= 4 is 5.97 Å². The van der Waals surface area contributed by atoms with Crippen LogP contribution < -0.4 is 0 Å². The molecule has 0 saturated carbocycles. The molecule has 2 aliphatic rings. The van der Waals surface area contributed by atoms with Crippen LogP contribution >= 0.6 is 0 Å². The van der Waals surface area contributed by atoms with Crippen LogP contribution in [0, 0.1) is 0 Å². The summed E-state index contributed by atoms with van der Waals surface area (Å²) in [5, 5.41) is 12.8. The Bertz CT molecular complexity index is 436. The number of azide groups is 1. The summed E-state index contributed by atoms with van der Waals surface area (Å²) in [4.78, 5) is 13.8. The van der Waals surface area contributed by atoms with E-state index in [1.54, 1.807) is 13.8 Å². The zero-order valence-electron chi connectivity index (χ0n) is 11.4. The summed E-state index contributed by atoms with van der Waals surface area (Å²) in [6, 6.07) is -0.842. The molecule has 0 unspecified atom stereocenters. The van der Waals surface area contributed by atoms with E-state index < -0.39 is 49.0 Å². The van der Waals surface area contributed by atoms with E-state index in [4.69, 9.17) is 24.5 Å². The Morgan fingerprint density at radius 3 is 2.70 bits per heavy atom. The van der Waals surface area contributed by atoms with Gasteiger partial charge in [0.2, 0.25) is 6.29 Å². The molecule has 2 rings (SSSR count). The van der Waals surface area contributed by atoms with Gasteiger partial charge in [-0.1, -0.05) is 5.11 Å². The van der Waals surface area contributed by atoms with Gasteiger partial charge in [-0.25, -0.2) is 0 Å². The smallest absolute Gasteiger partial charge is 0.305 e. The van der Waals surface area contributed by atoms with Crippen LogP contribution in [0.25, 0.3) is 10.4 Å². The van der Waals surface area contributed by atoms with Crippen LogP contribution in [-0.2, 0) is 23.7 Å². The van der Waals surface area contributed by atoms with Crippen LogP contribution in [0.2, 0.25) is 0 Å². The highest BCUT2D eigenvalue weighted by atomic mass is 16.8. The zero-order chi connectivity index (χ0) is 14.9. The second-order valence-corrected chi connectivity index (χ2v) is 5.10. The molecule has 9 nitrogen and oxygen atoms in total. The number of aliphatic hydroxyl groups excluding tert-OH is 1. The van der Waals surface area contributed by atoms with Crippen molar-refractivity contribution in [3.05, 3.63) is 10.4 Å². The molecule has 0 aromatic heterocycles. The zero-order valence-corrected chi connectivity index (χ0v) is 11.4. The normalized spacial score (nSPS) is 36.0. The molecule has 2 aliphatic heterocycles. The quantitative estimate of drug-likeness (QED) is 0.347. The number of hydrogen-bond acceptors (Lipinski definition) is 7. The van der Waals surface area contributed by atoms with Crippen LogP contribution in [0.15, 0.2) is 5.11 Å². The van der Waals surface area contributed by atoms with Gasteiger partial charge >= 0.3 is 5.97 Å². The first kappa shape index (κ1) is 15.0. The predicted molar refractivity (Wildman–Crippen MR) is 64.3 cm³/mol.